The number of hydrogen-bond donors (Lipinski definition) is 0. The molecule has 0 aliphatic rings. The molecule has 480 valence electrons. The van der Waals surface area contributed by atoms with Crippen LogP contribution in [0.5, 0.6) is 0 Å². The Hall–Kier alpha value is -2.75. The van der Waals surface area contributed by atoms with Crippen LogP contribution >= 0.6 is 0 Å². The van der Waals surface area contributed by atoms with Crippen LogP contribution in [0.25, 0.3) is 0 Å². The fraction of sp³-hybridized carbons (Fsp3) is 0.849. The Morgan fingerprint density at radius 2 is 0.695 bits per heavy atom. The summed E-state index contributed by atoms with van der Waals surface area (Å²) in [7, 11) is 5.93. The molecule has 2 unspecified atom stereocenters. The molecule has 0 fully saturated rings. The van der Waals surface area contributed by atoms with Crippen LogP contribution in [0.2, 0.25) is 0 Å². The minimum absolute atomic E-state index is 0.146. The highest BCUT2D eigenvalue weighted by molar-refractivity contribution is 5.70. The van der Waals surface area contributed by atoms with Crippen molar-refractivity contribution in [2.24, 2.45) is 0 Å². The van der Waals surface area contributed by atoms with E-state index in [0.717, 1.165) is 70.6 Å². The quantitative estimate of drug-likeness (QED) is 0.0195. The third kappa shape index (κ3) is 64.8. The number of carboxylic acid groups (broad SMARTS) is 1. The lowest BCUT2D eigenvalue weighted by Gasteiger charge is -2.26. The Balaban J connectivity index is 4.00. The maximum Gasteiger partial charge on any atom is 0.306 e. The van der Waals surface area contributed by atoms with Crippen LogP contribution in [0.3, 0.4) is 0 Å². The van der Waals surface area contributed by atoms with Gasteiger partial charge in [0.2, 0.25) is 0 Å². The summed E-state index contributed by atoms with van der Waals surface area (Å²) in [6.45, 7) is 4.68. The Labute approximate surface area is 508 Å². The molecule has 0 amide bonds. The van der Waals surface area contributed by atoms with Crippen LogP contribution in [-0.2, 0) is 33.3 Å². The average molecular weight is 1150 g/mol. The van der Waals surface area contributed by atoms with E-state index >= 15 is 0 Å². The number of likely N-dealkylation sites (N-methyl/N-ethyl adjacent to an activating group) is 1. The van der Waals surface area contributed by atoms with E-state index in [2.05, 4.69) is 62.5 Å². The molecule has 0 spiro atoms. The summed E-state index contributed by atoms with van der Waals surface area (Å²) in [6.07, 6.45) is 79.3. The number of quaternary nitrogens is 1. The molecule has 0 radical (unpaired) electrons. The molecule has 0 aromatic rings. The maximum absolute atomic E-state index is 12.9. The van der Waals surface area contributed by atoms with Crippen molar-refractivity contribution in [3.8, 4) is 0 Å². The third-order valence-electron chi connectivity index (χ3n) is 15.8. The first-order chi connectivity index (χ1) is 40.1. The van der Waals surface area contributed by atoms with Crippen molar-refractivity contribution in [1.82, 2.24) is 0 Å². The Kier molecular flexibility index (Phi) is 62.1. The van der Waals surface area contributed by atoms with Gasteiger partial charge in [0.25, 0.3) is 0 Å². The lowest BCUT2D eigenvalue weighted by Crippen LogP contribution is -2.44. The summed E-state index contributed by atoms with van der Waals surface area (Å²) in [6, 6.07) is 0. The van der Waals surface area contributed by atoms with Crippen molar-refractivity contribution >= 4 is 17.9 Å². The highest BCUT2D eigenvalue weighted by Gasteiger charge is 2.22. The van der Waals surface area contributed by atoms with Crippen molar-refractivity contribution in [2.75, 3.05) is 47.5 Å². The normalized spacial score (nSPS) is 12.9. The molecule has 9 nitrogen and oxygen atoms in total. The highest BCUT2D eigenvalue weighted by atomic mass is 16.7. The SMILES string of the molecule is CC/C=C\C/C=C\C/C=C\C/C=C\CCCCCCCCCCC(=O)OC(COC(=O)CCCCCCCCCCCCCCCCCCCCCCCCCCCCCCCCCCCCCC)COC(OCC[N+](C)(C)C)C(=O)[O-]. The standard InChI is InChI=1S/C73H135NO8/c1-6-8-10-12-14-16-18-20-22-24-26-28-29-30-31-32-33-34-35-36-37-38-39-40-41-42-44-45-47-49-51-53-55-57-59-61-63-70(75)80-67-69(68-81-73(72(77)78)79-66-65-74(3,4)5)82-71(76)64-62-60-58-56-54-52-50-48-46-43-27-25-23-21-19-17-15-13-11-9-7-2/h9,11,15,17,21,23,27,43,69,73H,6-8,10,12-14,16,18-20,22,24-26,28-42,44-68H2,1-5H3/b11-9-,17-15-,23-21-,43-27-. The number of unbranched alkanes of at least 4 members (excludes halogenated alkanes) is 43. The van der Waals surface area contributed by atoms with E-state index in [4.69, 9.17) is 18.9 Å². The van der Waals surface area contributed by atoms with Crippen molar-refractivity contribution < 1.29 is 42.9 Å². The fourth-order valence-corrected chi connectivity index (χ4v) is 10.5. The van der Waals surface area contributed by atoms with Gasteiger partial charge in [-0.25, -0.2) is 0 Å². The molecule has 9 heteroatoms. The van der Waals surface area contributed by atoms with Gasteiger partial charge in [-0.05, 0) is 51.4 Å². The molecule has 0 rings (SSSR count). The van der Waals surface area contributed by atoms with Gasteiger partial charge in [0.05, 0.1) is 40.3 Å². The maximum atomic E-state index is 12.9. The number of ether oxygens (including phenoxy) is 4. The van der Waals surface area contributed by atoms with E-state index in [0.29, 0.717) is 23.9 Å². The second-order valence-corrected chi connectivity index (χ2v) is 25.2. The van der Waals surface area contributed by atoms with E-state index in [1.54, 1.807) is 0 Å². The van der Waals surface area contributed by atoms with Gasteiger partial charge in [-0.1, -0.05) is 326 Å². The third-order valence-corrected chi connectivity index (χ3v) is 15.8. The summed E-state index contributed by atoms with van der Waals surface area (Å²) < 4.78 is 22.8. The monoisotopic (exact) mass is 1150 g/mol. The molecule has 0 aromatic heterocycles. The first kappa shape index (κ1) is 79.2. The van der Waals surface area contributed by atoms with Gasteiger partial charge in [-0.3, -0.25) is 9.59 Å². The fourth-order valence-electron chi connectivity index (χ4n) is 10.5. The Morgan fingerprint density at radius 1 is 0.378 bits per heavy atom. The average Bonchev–Trinajstić information content (AvgIpc) is 3.47. The number of carbonyl (C=O) groups excluding carboxylic acids is 3. The van der Waals surface area contributed by atoms with Crippen LogP contribution in [0.4, 0.5) is 0 Å². The minimum Gasteiger partial charge on any atom is -0.545 e. The first-order valence-electron chi connectivity index (χ1n) is 35.3. The summed E-state index contributed by atoms with van der Waals surface area (Å²) in [5, 5.41) is 11.8. The lowest BCUT2D eigenvalue weighted by molar-refractivity contribution is -0.870. The van der Waals surface area contributed by atoms with E-state index in [9.17, 15) is 19.5 Å². The second kappa shape index (κ2) is 64.3. The molecule has 0 aromatic carbocycles. The van der Waals surface area contributed by atoms with Gasteiger partial charge >= 0.3 is 11.9 Å². The number of esters is 2. The molecule has 0 aliphatic heterocycles. The van der Waals surface area contributed by atoms with Crippen molar-refractivity contribution in [3.05, 3.63) is 48.6 Å². The number of carboxylic acids is 1. The summed E-state index contributed by atoms with van der Waals surface area (Å²) >= 11 is 0. The number of carbonyl (C=O) groups is 3. The molecule has 0 saturated carbocycles. The molecule has 0 bridgehead atoms. The van der Waals surface area contributed by atoms with Crippen molar-refractivity contribution in [1.29, 1.82) is 0 Å². The molecule has 2 atom stereocenters. The van der Waals surface area contributed by atoms with Gasteiger partial charge in [-0.15, -0.1) is 0 Å². The summed E-state index contributed by atoms with van der Waals surface area (Å²) in [5.41, 5.74) is 0. The predicted octanol–water partition coefficient (Wildman–Crippen LogP) is 20.4. The Morgan fingerprint density at radius 3 is 1.04 bits per heavy atom. The zero-order valence-electron chi connectivity index (χ0n) is 54.9. The predicted molar refractivity (Wildman–Crippen MR) is 348 cm³/mol. The zero-order chi connectivity index (χ0) is 59.8. The van der Waals surface area contributed by atoms with E-state index in [-0.39, 0.29) is 32.2 Å². The lowest BCUT2D eigenvalue weighted by atomic mass is 10.0. The van der Waals surface area contributed by atoms with Gasteiger partial charge in [-0.2, -0.15) is 0 Å². The van der Waals surface area contributed by atoms with E-state index in [1.807, 2.05) is 21.1 Å². The van der Waals surface area contributed by atoms with Gasteiger partial charge in [0, 0.05) is 12.8 Å². The number of nitrogens with zero attached hydrogens (tertiary/aromatic N) is 1. The summed E-state index contributed by atoms with van der Waals surface area (Å²) in [5.74, 6) is -2.28. The zero-order valence-corrected chi connectivity index (χ0v) is 54.9. The van der Waals surface area contributed by atoms with Crippen LogP contribution in [0.15, 0.2) is 48.6 Å². The largest absolute Gasteiger partial charge is 0.545 e. The second-order valence-electron chi connectivity index (χ2n) is 25.2. The molecule has 0 saturated heterocycles. The van der Waals surface area contributed by atoms with E-state index in [1.165, 1.54) is 238 Å². The number of aliphatic carboxylic acids is 1. The number of allylic oxidation sites excluding steroid dienone is 8. The molecular weight excluding hydrogens is 1020 g/mol. The van der Waals surface area contributed by atoms with Crippen molar-refractivity contribution in [3.63, 3.8) is 0 Å². The molecule has 0 heterocycles. The molecular formula is C73H135NO8. The van der Waals surface area contributed by atoms with Crippen molar-refractivity contribution in [2.45, 2.75) is 354 Å². The Bertz CT molecular complexity index is 1480. The highest BCUT2D eigenvalue weighted by Crippen LogP contribution is 2.19. The van der Waals surface area contributed by atoms with Gasteiger partial charge in [0.15, 0.2) is 12.4 Å². The smallest absolute Gasteiger partial charge is 0.306 e. The minimum atomic E-state index is -1.62. The number of rotatable bonds is 66. The molecule has 82 heavy (non-hydrogen) atoms. The van der Waals surface area contributed by atoms with Crippen LogP contribution in [-0.4, -0.2) is 82.3 Å². The van der Waals surface area contributed by atoms with Gasteiger partial charge < -0.3 is 33.3 Å². The molecule has 0 N–H and O–H groups in total. The van der Waals surface area contributed by atoms with Gasteiger partial charge in [0.1, 0.15) is 13.2 Å². The van der Waals surface area contributed by atoms with Crippen LogP contribution in [0, 0.1) is 0 Å². The summed E-state index contributed by atoms with van der Waals surface area (Å²) in [4.78, 5) is 37.4. The van der Waals surface area contributed by atoms with Crippen LogP contribution in [0.1, 0.15) is 341 Å². The number of hydrogen-bond acceptors (Lipinski definition) is 8. The first-order valence-corrected chi connectivity index (χ1v) is 35.3. The van der Waals surface area contributed by atoms with Crippen LogP contribution < -0.4 is 5.11 Å². The topological polar surface area (TPSA) is 111 Å². The van der Waals surface area contributed by atoms with E-state index < -0.39 is 24.3 Å². The molecule has 0 aliphatic carbocycles.